The lowest BCUT2D eigenvalue weighted by atomic mass is 10.1. The van der Waals surface area contributed by atoms with Crippen LogP contribution in [0.2, 0.25) is 0 Å². The number of nitriles is 1. The first-order chi connectivity index (χ1) is 9.58. The van der Waals surface area contributed by atoms with Gasteiger partial charge in [0.25, 0.3) is 0 Å². The van der Waals surface area contributed by atoms with E-state index in [1.165, 1.54) is 6.20 Å². The summed E-state index contributed by atoms with van der Waals surface area (Å²) in [5.41, 5.74) is 5.09. The monoisotopic (exact) mass is 274 g/mol. The van der Waals surface area contributed by atoms with Gasteiger partial charge in [-0.2, -0.15) is 5.26 Å². The molecule has 0 spiro atoms. The van der Waals surface area contributed by atoms with Crippen LogP contribution in [0, 0.1) is 11.3 Å². The number of hydrogen-bond acceptors (Lipinski definition) is 6. The Kier molecular flexibility index (Phi) is 5.72. The van der Waals surface area contributed by atoms with Gasteiger partial charge in [0.15, 0.2) is 5.57 Å². The van der Waals surface area contributed by atoms with Crippen LogP contribution in [0.5, 0.6) is 0 Å². The molecule has 0 saturated carbocycles. The first-order valence-electron chi connectivity index (χ1n) is 5.85. The predicted octanol–water partition coefficient (Wildman–Crippen LogP) is 0.710. The van der Waals surface area contributed by atoms with E-state index in [1.54, 1.807) is 31.2 Å². The number of esters is 1. The van der Waals surface area contributed by atoms with Crippen molar-refractivity contribution in [1.82, 2.24) is 4.98 Å². The second-order valence-electron chi connectivity index (χ2n) is 3.67. The normalized spacial score (nSPS) is 11.0. The number of amides is 1. The van der Waals surface area contributed by atoms with Crippen LogP contribution in [-0.2, 0) is 14.3 Å². The largest absolute Gasteiger partial charge is 0.462 e. The summed E-state index contributed by atoms with van der Waals surface area (Å²) < 4.78 is 4.67. The molecular formula is C13H14N4O3. The third-order valence-electron chi connectivity index (χ3n) is 2.20. The maximum Gasteiger partial charge on any atom is 0.350 e. The van der Waals surface area contributed by atoms with Crippen molar-refractivity contribution in [2.24, 2.45) is 5.73 Å². The lowest BCUT2D eigenvalue weighted by Gasteiger charge is -2.06. The van der Waals surface area contributed by atoms with Crippen molar-refractivity contribution in [3.8, 4) is 6.07 Å². The van der Waals surface area contributed by atoms with E-state index in [2.05, 4.69) is 15.0 Å². The highest BCUT2D eigenvalue weighted by atomic mass is 16.5. The van der Waals surface area contributed by atoms with Gasteiger partial charge >= 0.3 is 5.97 Å². The van der Waals surface area contributed by atoms with E-state index in [1.807, 2.05) is 0 Å². The van der Waals surface area contributed by atoms with E-state index in [-0.39, 0.29) is 24.3 Å². The van der Waals surface area contributed by atoms with Crippen LogP contribution < -0.4 is 11.1 Å². The minimum atomic E-state index is -0.835. The van der Waals surface area contributed by atoms with Crippen LogP contribution in [0.4, 0.5) is 5.82 Å². The molecule has 0 saturated heterocycles. The topological polar surface area (TPSA) is 118 Å². The van der Waals surface area contributed by atoms with Crippen LogP contribution in [0.15, 0.2) is 35.7 Å². The van der Waals surface area contributed by atoms with Gasteiger partial charge in [0.2, 0.25) is 5.91 Å². The number of carbonyl (C=O) groups excluding carboxylic acids is 2. The Labute approximate surface area is 116 Å². The number of ether oxygens (including phenoxy) is 1. The maximum absolute atomic E-state index is 11.7. The highest BCUT2D eigenvalue weighted by Crippen LogP contribution is 2.07. The number of rotatable bonds is 5. The predicted molar refractivity (Wildman–Crippen MR) is 70.9 cm³/mol. The van der Waals surface area contributed by atoms with E-state index < -0.39 is 11.9 Å². The van der Waals surface area contributed by atoms with Crippen LogP contribution in [0.3, 0.4) is 0 Å². The van der Waals surface area contributed by atoms with Crippen LogP contribution in [-0.4, -0.2) is 23.5 Å². The van der Waals surface area contributed by atoms with Gasteiger partial charge < -0.3 is 15.8 Å². The smallest absolute Gasteiger partial charge is 0.350 e. The maximum atomic E-state index is 11.7. The molecule has 0 aliphatic carbocycles. The zero-order chi connectivity index (χ0) is 15.0. The lowest BCUT2D eigenvalue weighted by molar-refractivity contribution is -0.138. The molecule has 0 unspecified atom stereocenters. The minimum absolute atomic E-state index is 0.122. The van der Waals surface area contributed by atoms with Crippen LogP contribution >= 0.6 is 0 Å². The van der Waals surface area contributed by atoms with E-state index in [4.69, 9.17) is 11.0 Å². The zero-order valence-electron chi connectivity index (χ0n) is 10.9. The average molecular weight is 274 g/mol. The third kappa shape index (κ3) is 4.42. The number of pyridine rings is 1. The molecule has 0 fully saturated rings. The third-order valence-corrected chi connectivity index (χ3v) is 2.20. The Morgan fingerprint density at radius 2 is 2.25 bits per heavy atom. The first kappa shape index (κ1) is 15.2. The fourth-order valence-electron chi connectivity index (χ4n) is 1.34. The number of nitrogens with one attached hydrogen (secondary N) is 1. The van der Waals surface area contributed by atoms with Gasteiger partial charge in [0, 0.05) is 11.9 Å². The molecule has 0 aliphatic heterocycles. The van der Waals surface area contributed by atoms with E-state index in [0.29, 0.717) is 5.82 Å². The molecule has 1 aromatic rings. The number of anilines is 1. The van der Waals surface area contributed by atoms with Crippen molar-refractivity contribution in [2.45, 2.75) is 13.3 Å². The number of carbonyl (C=O) groups is 2. The fraction of sp³-hybridized carbons (Fsp3) is 0.231. The molecule has 0 radical (unpaired) electrons. The molecule has 7 heteroatoms. The first-order valence-corrected chi connectivity index (χ1v) is 5.85. The molecule has 1 amide bonds. The Balaban J connectivity index is 2.73. The van der Waals surface area contributed by atoms with Gasteiger partial charge in [-0.3, -0.25) is 4.79 Å². The zero-order valence-corrected chi connectivity index (χ0v) is 10.9. The van der Waals surface area contributed by atoms with Gasteiger partial charge in [-0.1, -0.05) is 6.07 Å². The van der Waals surface area contributed by atoms with Crippen molar-refractivity contribution in [3.05, 3.63) is 35.7 Å². The summed E-state index contributed by atoms with van der Waals surface area (Å²) in [5.74, 6) is -0.948. The van der Waals surface area contributed by atoms with Gasteiger partial charge in [-0.25, -0.2) is 9.78 Å². The summed E-state index contributed by atoms with van der Waals surface area (Å²) in [6.07, 6.45) is 1.23. The van der Waals surface area contributed by atoms with Gasteiger partial charge in [0.1, 0.15) is 11.9 Å². The molecular weight excluding hydrogens is 260 g/mol. The SMILES string of the molecule is CCOC(=O)C(C#N)=C(N)CC(=O)Nc1ccccn1. The second-order valence-corrected chi connectivity index (χ2v) is 3.67. The highest BCUT2D eigenvalue weighted by Gasteiger charge is 2.16. The molecule has 0 atom stereocenters. The average Bonchev–Trinajstić information content (AvgIpc) is 2.40. The molecule has 3 N–H and O–H groups in total. The number of aromatic nitrogens is 1. The van der Waals surface area contributed by atoms with Gasteiger partial charge in [-0.15, -0.1) is 0 Å². The van der Waals surface area contributed by atoms with Crippen LogP contribution in [0.1, 0.15) is 13.3 Å². The van der Waals surface area contributed by atoms with Gasteiger partial charge in [-0.05, 0) is 19.1 Å². The van der Waals surface area contributed by atoms with Crippen molar-refractivity contribution in [1.29, 1.82) is 5.26 Å². The van der Waals surface area contributed by atoms with Crippen LogP contribution in [0.25, 0.3) is 0 Å². The Bertz CT molecular complexity index is 561. The van der Waals surface area contributed by atoms with Crippen molar-refractivity contribution < 1.29 is 14.3 Å². The Morgan fingerprint density at radius 3 is 2.80 bits per heavy atom. The summed E-state index contributed by atoms with van der Waals surface area (Å²) in [4.78, 5) is 27.0. The molecule has 1 aromatic heterocycles. The molecule has 0 aliphatic rings. The minimum Gasteiger partial charge on any atom is -0.462 e. The number of nitrogens with zero attached hydrogens (tertiary/aromatic N) is 2. The molecule has 0 bridgehead atoms. The molecule has 1 heterocycles. The van der Waals surface area contributed by atoms with E-state index in [9.17, 15) is 9.59 Å². The molecule has 1 rings (SSSR count). The highest BCUT2D eigenvalue weighted by molar-refractivity contribution is 5.97. The van der Waals surface area contributed by atoms with E-state index in [0.717, 1.165) is 0 Å². The summed E-state index contributed by atoms with van der Waals surface area (Å²) in [6, 6.07) is 6.66. The van der Waals surface area contributed by atoms with E-state index >= 15 is 0 Å². The quantitative estimate of drug-likeness (QED) is 0.463. The summed E-state index contributed by atoms with van der Waals surface area (Å²) in [5, 5.41) is 11.4. The van der Waals surface area contributed by atoms with Crippen molar-refractivity contribution in [3.63, 3.8) is 0 Å². The Morgan fingerprint density at radius 1 is 1.50 bits per heavy atom. The second kappa shape index (κ2) is 7.53. The molecule has 7 nitrogen and oxygen atoms in total. The van der Waals surface area contributed by atoms with Gasteiger partial charge in [0.05, 0.1) is 13.0 Å². The number of nitrogens with two attached hydrogens (primary N) is 1. The summed E-state index contributed by atoms with van der Waals surface area (Å²) in [7, 11) is 0. The van der Waals surface area contributed by atoms with Crippen molar-refractivity contribution in [2.75, 3.05) is 11.9 Å². The Hall–Kier alpha value is -2.88. The molecule has 104 valence electrons. The fourth-order valence-corrected chi connectivity index (χ4v) is 1.34. The lowest BCUT2D eigenvalue weighted by Crippen LogP contribution is -2.19. The standard InChI is InChI=1S/C13H14N4O3/c1-2-20-13(19)9(8-14)10(15)7-12(18)17-11-5-3-4-6-16-11/h3-6H,2,7,15H2,1H3,(H,16,17,18). The summed E-state index contributed by atoms with van der Waals surface area (Å²) >= 11 is 0. The van der Waals surface area contributed by atoms with Crippen molar-refractivity contribution >= 4 is 17.7 Å². The summed E-state index contributed by atoms with van der Waals surface area (Å²) in [6.45, 7) is 1.73. The molecule has 0 aromatic carbocycles. The number of hydrogen-bond donors (Lipinski definition) is 2. The molecule has 20 heavy (non-hydrogen) atoms.